The maximum atomic E-state index is 14.0. The number of amides is 2. The van der Waals surface area contributed by atoms with E-state index in [-0.39, 0.29) is 22.8 Å². The first kappa shape index (κ1) is 27.9. The van der Waals surface area contributed by atoms with E-state index >= 15 is 0 Å². The highest BCUT2D eigenvalue weighted by Crippen LogP contribution is 2.37. The highest BCUT2D eigenvalue weighted by Gasteiger charge is 2.46. The molecule has 36 heavy (non-hydrogen) atoms. The van der Waals surface area contributed by atoms with E-state index in [2.05, 4.69) is 41.4 Å². The van der Waals surface area contributed by atoms with Gasteiger partial charge in [0.2, 0.25) is 0 Å². The summed E-state index contributed by atoms with van der Waals surface area (Å²) in [5, 5.41) is 15.9. The van der Waals surface area contributed by atoms with E-state index in [1.54, 1.807) is 27.0 Å². The Morgan fingerprint density at radius 2 is 1.97 bits per heavy atom. The molecule has 0 saturated carbocycles. The van der Waals surface area contributed by atoms with Crippen molar-refractivity contribution in [1.29, 1.82) is 0 Å². The van der Waals surface area contributed by atoms with Crippen LogP contribution in [-0.2, 0) is 0 Å². The lowest BCUT2D eigenvalue weighted by Gasteiger charge is -2.25. The third-order valence-electron chi connectivity index (χ3n) is 6.20. The van der Waals surface area contributed by atoms with Gasteiger partial charge in [-0.1, -0.05) is 6.92 Å². The summed E-state index contributed by atoms with van der Waals surface area (Å²) in [6, 6.07) is 1.18. The van der Waals surface area contributed by atoms with Crippen molar-refractivity contribution in [3.63, 3.8) is 0 Å². The molecule has 3 heterocycles. The standard InChI is InChI=1S/C25H35F2N5O3S/c1-8-23(4,5)31-17-9-14(2)16(11-28-17)19-18(22(34)32-13-25(26,27)10-15(32)3)30-21(36-19)20(33)29-12-24(6,7)35/h9,11,15,35H,8,10,12-13H2,1-7H3,(H,28,31)(H,29,33)/t15-/m0/s1. The Morgan fingerprint density at radius 1 is 1.31 bits per heavy atom. The highest BCUT2D eigenvalue weighted by atomic mass is 32.1. The largest absolute Gasteiger partial charge is 0.389 e. The Hall–Kier alpha value is -2.66. The topological polar surface area (TPSA) is 107 Å². The van der Waals surface area contributed by atoms with Crippen LogP contribution < -0.4 is 10.6 Å². The number of rotatable bonds is 8. The van der Waals surface area contributed by atoms with Crippen molar-refractivity contribution in [2.45, 2.75) is 84.4 Å². The van der Waals surface area contributed by atoms with Crippen LogP contribution in [0.5, 0.6) is 0 Å². The number of pyridine rings is 1. The van der Waals surface area contributed by atoms with E-state index in [9.17, 15) is 23.5 Å². The number of aryl methyl sites for hydroxylation is 1. The molecule has 1 saturated heterocycles. The number of aliphatic hydroxyl groups is 1. The molecule has 11 heteroatoms. The van der Waals surface area contributed by atoms with Crippen molar-refractivity contribution in [2.75, 3.05) is 18.4 Å². The van der Waals surface area contributed by atoms with E-state index in [0.29, 0.717) is 16.3 Å². The lowest BCUT2D eigenvalue weighted by atomic mass is 10.0. The molecule has 0 spiro atoms. The number of aromatic nitrogens is 2. The van der Waals surface area contributed by atoms with Crippen LogP contribution >= 0.6 is 11.3 Å². The minimum atomic E-state index is -2.98. The van der Waals surface area contributed by atoms with Gasteiger partial charge in [-0.2, -0.15) is 0 Å². The molecule has 8 nitrogen and oxygen atoms in total. The van der Waals surface area contributed by atoms with Gasteiger partial charge in [-0.25, -0.2) is 18.7 Å². The van der Waals surface area contributed by atoms with Crippen LogP contribution in [0, 0.1) is 6.92 Å². The molecule has 0 aromatic carbocycles. The summed E-state index contributed by atoms with van der Waals surface area (Å²) in [6.45, 7) is 12.0. The van der Waals surface area contributed by atoms with Gasteiger partial charge in [0, 0.05) is 36.3 Å². The first-order chi connectivity index (χ1) is 16.5. The lowest BCUT2D eigenvalue weighted by molar-refractivity contribution is 0.0118. The Bertz CT molecular complexity index is 1140. The monoisotopic (exact) mass is 523 g/mol. The molecule has 0 unspecified atom stereocenters. The zero-order valence-corrected chi connectivity index (χ0v) is 22.6. The van der Waals surface area contributed by atoms with E-state index in [0.717, 1.165) is 28.2 Å². The predicted octanol–water partition coefficient (Wildman–Crippen LogP) is 4.48. The highest BCUT2D eigenvalue weighted by molar-refractivity contribution is 7.17. The van der Waals surface area contributed by atoms with Gasteiger partial charge in [-0.15, -0.1) is 11.3 Å². The summed E-state index contributed by atoms with van der Waals surface area (Å²) in [6.07, 6.45) is 2.06. The molecule has 2 aromatic heterocycles. The maximum absolute atomic E-state index is 14.0. The van der Waals surface area contributed by atoms with Crippen LogP contribution in [0.3, 0.4) is 0 Å². The van der Waals surface area contributed by atoms with Gasteiger partial charge in [-0.05, 0) is 59.6 Å². The Kier molecular flexibility index (Phi) is 7.76. The number of anilines is 1. The average molecular weight is 524 g/mol. The molecule has 1 atom stereocenters. The van der Waals surface area contributed by atoms with Crippen LogP contribution in [0.25, 0.3) is 10.4 Å². The minimum Gasteiger partial charge on any atom is -0.389 e. The van der Waals surface area contributed by atoms with Gasteiger partial charge in [0.05, 0.1) is 17.0 Å². The van der Waals surface area contributed by atoms with E-state index in [1.165, 1.54) is 0 Å². The van der Waals surface area contributed by atoms with Crippen LogP contribution in [0.15, 0.2) is 12.3 Å². The molecule has 3 rings (SSSR count). The summed E-state index contributed by atoms with van der Waals surface area (Å²) >= 11 is 0.997. The SMILES string of the molecule is CCC(C)(C)Nc1cc(C)c(-c2sc(C(=O)NCC(C)(C)O)nc2C(=O)N2CC(F)(F)C[C@@H]2C)cn1. The van der Waals surface area contributed by atoms with Crippen molar-refractivity contribution in [1.82, 2.24) is 20.2 Å². The first-order valence-electron chi connectivity index (χ1n) is 12.0. The maximum Gasteiger partial charge on any atom is 0.280 e. The molecule has 3 N–H and O–H groups in total. The van der Waals surface area contributed by atoms with Crippen LogP contribution in [0.1, 0.15) is 80.2 Å². The van der Waals surface area contributed by atoms with Gasteiger partial charge in [0.25, 0.3) is 17.7 Å². The molecule has 0 aliphatic carbocycles. The molecule has 1 aliphatic rings. The summed E-state index contributed by atoms with van der Waals surface area (Å²) in [7, 11) is 0. The van der Waals surface area contributed by atoms with Crippen LogP contribution in [-0.4, -0.2) is 68.0 Å². The number of nitrogens with one attached hydrogen (secondary N) is 2. The Balaban J connectivity index is 2.02. The van der Waals surface area contributed by atoms with E-state index < -0.39 is 42.3 Å². The van der Waals surface area contributed by atoms with Crippen molar-refractivity contribution < 1.29 is 23.5 Å². The van der Waals surface area contributed by atoms with Gasteiger partial charge < -0.3 is 20.6 Å². The molecule has 1 fully saturated rings. The number of hydrogen-bond donors (Lipinski definition) is 3. The van der Waals surface area contributed by atoms with Gasteiger partial charge in [0.1, 0.15) is 11.5 Å². The molecule has 1 aliphatic heterocycles. The Labute approximate surface area is 214 Å². The normalized spacial score (nSPS) is 17.8. The second kappa shape index (κ2) is 10.0. The molecule has 198 valence electrons. The molecule has 2 amide bonds. The third-order valence-corrected chi connectivity index (χ3v) is 7.29. The second-order valence-corrected chi connectivity index (χ2v) is 11.8. The van der Waals surface area contributed by atoms with Gasteiger partial charge >= 0.3 is 0 Å². The fraction of sp³-hybridized carbons (Fsp3) is 0.600. The van der Waals surface area contributed by atoms with Crippen molar-refractivity contribution >= 4 is 29.0 Å². The number of likely N-dealkylation sites (tertiary alicyclic amines) is 1. The number of thiazole rings is 1. The van der Waals surface area contributed by atoms with Crippen LogP contribution in [0.4, 0.5) is 14.6 Å². The van der Waals surface area contributed by atoms with Crippen LogP contribution in [0.2, 0.25) is 0 Å². The Morgan fingerprint density at radius 3 is 2.50 bits per heavy atom. The molecular weight excluding hydrogens is 488 g/mol. The number of carbonyl (C=O) groups is 2. The minimum absolute atomic E-state index is 0.00456. The van der Waals surface area contributed by atoms with Crippen molar-refractivity contribution in [3.05, 3.63) is 28.5 Å². The average Bonchev–Trinajstić information content (AvgIpc) is 3.31. The number of carbonyl (C=O) groups excluding carboxylic acids is 2. The number of nitrogens with zero attached hydrogens (tertiary/aromatic N) is 3. The smallest absolute Gasteiger partial charge is 0.280 e. The summed E-state index contributed by atoms with van der Waals surface area (Å²) < 4.78 is 28.1. The quantitative estimate of drug-likeness (QED) is 0.471. The van der Waals surface area contributed by atoms with Crippen molar-refractivity contribution in [3.8, 4) is 10.4 Å². The van der Waals surface area contributed by atoms with Gasteiger partial charge in [-0.3, -0.25) is 9.59 Å². The molecular formula is C25H35F2N5O3S. The summed E-state index contributed by atoms with van der Waals surface area (Å²) in [5.74, 6) is -3.52. The van der Waals surface area contributed by atoms with Crippen molar-refractivity contribution in [2.24, 2.45) is 0 Å². The lowest BCUT2D eigenvalue weighted by Crippen LogP contribution is -2.38. The molecule has 0 radical (unpaired) electrons. The fourth-order valence-electron chi connectivity index (χ4n) is 3.83. The van der Waals surface area contributed by atoms with Gasteiger partial charge in [0.15, 0.2) is 5.01 Å². The number of alkyl halides is 2. The molecule has 0 bridgehead atoms. The number of hydrogen-bond acceptors (Lipinski definition) is 7. The second-order valence-electron chi connectivity index (χ2n) is 10.8. The van der Waals surface area contributed by atoms with E-state index in [4.69, 9.17) is 0 Å². The summed E-state index contributed by atoms with van der Waals surface area (Å²) in [5.41, 5.74) is 0.0179. The predicted molar refractivity (Wildman–Crippen MR) is 137 cm³/mol. The van der Waals surface area contributed by atoms with E-state index in [1.807, 2.05) is 13.0 Å². The first-order valence-corrected chi connectivity index (χ1v) is 12.8. The molecule has 2 aromatic rings. The summed E-state index contributed by atoms with van der Waals surface area (Å²) in [4.78, 5) is 36.5. The third kappa shape index (κ3) is 6.56. The zero-order valence-electron chi connectivity index (χ0n) is 21.8. The zero-order chi connectivity index (χ0) is 27.1. The fourth-order valence-corrected chi connectivity index (χ4v) is 4.88. The number of halogens is 2.